The Kier molecular flexibility index (Phi) is 3.56. The van der Waals surface area contributed by atoms with E-state index < -0.39 is 5.72 Å². The number of nitrogens with zero attached hydrogens (tertiary/aromatic N) is 1. The lowest BCUT2D eigenvalue weighted by molar-refractivity contribution is 0.0343. The van der Waals surface area contributed by atoms with Gasteiger partial charge in [0.1, 0.15) is 5.82 Å². The number of rotatable bonds is 3. The Hall–Kier alpha value is -2.76. The SMILES string of the molecule is CCOc1cccc2c1O[C@]1(C)C[C@@H]2NC(=O)N1c1ccc(F)cc1. The summed E-state index contributed by atoms with van der Waals surface area (Å²) in [6.45, 7) is 4.31. The number of urea groups is 1. The number of carbonyl (C=O) groups is 1. The van der Waals surface area contributed by atoms with Gasteiger partial charge in [-0.1, -0.05) is 12.1 Å². The van der Waals surface area contributed by atoms with Crippen LogP contribution in [0, 0.1) is 5.82 Å². The van der Waals surface area contributed by atoms with Crippen LogP contribution in [0.1, 0.15) is 31.9 Å². The van der Waals surface area contributed by atoms with Crippen LogP contribution in [0.25, 0.3) is 0 Å². The van der Waals surface area contributed by atoms with E-state index in [0.29, 0.717) is 30.2 Å². The van der Waals surface area contributed by atoms with Crippen LogP contribution in [0.5, 0.6) is 11.5 Å². The maximum atomic E-state index is 13.3. The molecule has 5 nitrogen and oxygen atoms in total. The highest BCUT2D eigenvalue weighted by Gasteiger charge is 2.50. The molecule has 2 amide bonds. The van der Waals surface area contributed by atoms with E-state index in [9.17, 15) is 9.18 Å². The quantitative estimate of drug-likeness (QED) is 0.917. The smallest absolute Gasteiger partial charge is 0.325 e. The van der Waals surface area contributed by atoms with Gasteiger partial charge in [0.05, 0.1) is 12.6 Å². The summed E-state index contributed by atoms with van der Waals surface area (Å²) < 4.78 is 25.2. The van der Waals surface area contributed by atoms with Gasteiger partial charge in [-0.05, 0) is 44.2 Å². The van der Waals surface area contributed by atoms with Crippen molar-refractivity contribution in [3.05, 3.63) is 53.8 Å². The third kappa shape index (κ3) is 2.49. The van der Waals surface area contributed by atoms with Crippen molar-refractivity contribution in [3.8, 4) is 11.5 Å². The van der Waals surface area contributed by atoms with Gasteiger partial charge in [-0.3, -0.25) is 4.90 Å². The number of amides is 2. The van der Waals surface area contributed by atoms with Gasteiger partial charge in [-0.25, -0.2) is 9.18 Å². The number of anilines is 1. The third-order valence-corrected chi connectivity index (χ3v) is 4.65. The Morgan fingerprint density at radius 3 is 2.80 bits per heavy atom. The zero-order valence-electron chi connectivity index (χ0n) is 14.1. The van der Waals surface area contributed by atoms with Crippen molar-refractivity contribution in [2.45, 2.75) is 32.0 Å². The molecular weight excluding hydrogens is 323 g/mol. The van der Waals surface area contributed by atoms with Crippen LogP contribution >= 0.6 is 0 Å². The maximum absolute atomic E-state index is 13.3. The molecule has 2 atom stereocenters. The fourth-order valence-corrected chi connectivity index (χ4v) is 3.61. The first-order chi connectivity index (χ1) is 12.0. The van der Waals surface area contributed by atoms with Crippen molar-refractivity contribution >= 4 is 11.7 Å². The van der Waals surface area contributed by atoms with Crippen LogP contribution in [-0.4, -0.2) is 18.4 Å². The standard InChI is InChI=1S/C19H19FN2O3/c1-3-24-16-6-4-5-14-15-11-19(2,25-17(14)16)22(18(23)21-15)13-9-7-12(20)8-10-13/h4-10,15H,3,11H2,1-2H3,(H,21,23)/t15-,19+/m0/s1. The van der Waals surface area contributed by atoms with E-state index in [0.717, 1.165) is 5.56 Å². The predicted molar refractivity (Wildman–Crippen MR) is 91.4 cm³/mol. The molecule has 2 aromatic rings. The second-order valence-corrected chi connectivity index (χ2v) is 6.40. The topological polar surface area (TPSA) is 50.8 Å². The normalized spacial score (nSPS) is 24.2. The van der Waals surface area contributed by atoms with Gasteiger partial charge in [0.15, 0.2) is 17.2 Å². The summed E-state index contributed by atoms with van der Waals surface area (Å²) in [6, 6.07) is 11.1. The average molecular weight is 342 g/mol. The van der Waals surface area contributed by atoms with Crippen LogP contribution in [-0.2, 0) is 0 Å². The summed E-state index contributed by atoms with van der Waals surface area (Å²) >= 11 is 0. The van der Waals surface area contributed by atoms with E-state index in [-0.39, 0.29) is 17.9 Å². The molecule has 2 aromatic carbocycles. The van der Waals surface area contributed by atoms with Gasteiger partial charge in [-0.2, -0.15) is 0 Å². The molecular formula is C19H19FN2O3. The molecule has 0 aliphatic carbocycles. The molecule has 0 spiro atoms. The largest absolute Gasteiger partial charge is 0.490 e. The van der Waals surface area contributed by atoms with Crippen LogP contribution < -0.4 is 19.7 Å². The first-order valence-electron chi connectivity index (χ1n) is 8.33. The summed E-state index contributed by atoms with van der Waals surface area (Å²) in [4.78, 5) is 14.3. The van der Waals surface area contributed by atoms with Gasteiger partial charge in [-0.15, -0.1) is 0 Å². The first kappa shape index (κ1) is 15.7. The summed E-state index contributed by atoms with van der Waals surface area (Å²) in [5.41, 5.74) is 0.609. The van der Waals surface area contributed by atoms with Crippen molar-refractivity contribution in [1.82, 2.24) is 5.32 Å². The van der Waals surface area contributed by atoms with Crippen molar-refractivity contribution in [1.29, 1.82) is 0 Å². The number of fused-ring (bicyclic) bond motifs is 4. The number of hydrogen-bond donors (Lipinski definition) is 1. The number of halogens is 1. The molecule has 2 aliphatic heterocycles. The first-order valence-corrected chi connectivity index (χ1v) is 8.33. The van der Waals surface area contributed by atoms with Crippen molar-refractivity contribution in [2.24, 2.45) is 0 Å². The van der Waals surface area contributed by atoms with Gasteiger partial charge in [0.2, 0.25) is 0 Å². The molecule has 2 aliphatic rings. The number of hydrogen-bond acceptors (Lipinski definition) is 3. The highest BCUT2D eigenvalue weighted by molar-refractivity contribution is 5.95. The minimum atomic E-state index is -0.884. The van der Waals surface area contributed by atoms with Crippen molar-refractivity contribution in [2.75, 3.05) is 11.5 Å². The van der Waals surface area contributed by atoms with Crippen LogP contribution in [0.4, 0.5) is 14.9 Å². The minimum Gasteiger partial charge on any atom is -0.490 e. The summed E-state index contributed by atoms with van der Waals surface area (Å²) in [7, 11) is 0. The molecule has 0 radical (unpaired) electrons. The van der Waals surface area contributed by atoms with Crippen LogP contribution in [0.2, 0.25) is 0 Å². The molecule has 2 bridgehead atoms. The van der Waals surface area contributed by atoms with Gasteiger partial charge in [0, 0.05) is 17.7 Å². The van der Waals surface area contributed by atoms with E-state index in [1.807, 2.05) is 32.0 Å². The molecule has 0 unspecified atom stereocenters. The van der Waals surface area contributed by atoms with Gasteiger partial charge in [0.25, 0.3) is 0 Å². The van der Waals surface area contributed by atoms with Crippen LogP contribution in [0.15, 0.2) is 42.5 Å². The Labute approximate surface area is 145 Å². The molecule has 2 heterocycles. The molecule has 0 saturated carbocycles. The van der Waals surface area contributed by atoms with Gasteiger partial charge >= 0.3 is 6.03 Å². The number of nitrogens with one attached hydrogen (secondary N) is 1. The van der Waals surface area contributed by atoms with Gasteiger partial charge < -0.3 is 14.8 Å². The molecule has 130 valence electrons. The minimum absolute atomic E-state index is 0.154. The number of benzene rings is 2. The Morgan fingerprint density at radius 2 is 2.08 bits per heavy atom. The maximum Gasteiger partial charge on any atom is 0.325 e. The molecule has 1 fully saturated rings. The second-order valence-electron chi connectivity index (χ2n) is 6.40. The second kappa shape index (κ2) is 5.65. The molecule has 25 heavy (non-hydrogen) atoms. The molecule has 1 N–H and O–H groups in total. The number of ether oxygens (including phenoxy) is 2. The molecule has 4 rings (SSSR count). The molecule has 0 aromatic heterocycles. The highest BCUT2D eigenvalue weighted by atomic mass is 19.1. The predicted octanol–water partition coefficient (Wildman–Crippen LogP) is 3.99. The van der Waals surface area contributed by atoms with E-state index in [2.05, 4.69) is 5.32 Å². The van der Waals surface area contributed by atoms with E-state index in [4.69, 9.17) is 9.47 Å². The van der Waals surface area contributed by atoms with Crippen LogP contribution in [0.3, 0.4) is 0 Å². The van der Waals surface area contributed by atoms with Crippen molar-refractivity contribution < 1.29 is 18.7 Å². The summed E-state index contributed by atoms with van der Waals surface area (Å²) in [5.74, 6) is 0.957. The number of para-hydroxylation sites is 1. The fourth-order valence-electron chi connectivity index (χ4n) is 3.61. The zero-order chi connectivity index (χ0) is 17.6. The monoisotopic (exact) mass is 342 g/mol. The average Bonchev–Trinajstić information content (AvgIpc) is 2.57. The van der Waals surface area contributed by atoms with E-state index in [1.165, 1.54) is 17.0 Å². The fraction of sp³-hybridized carbons (Fsp3) is 0.316. The van der Waals surface area contributed by atoms with Crippen molar-refractivity contribution in [3.63, 3.8) is 0 Å². The Morgan fingerprint density at radius 1 is 1.32 bits per heavy atom. The summed E-state index contributed by atoms with van der Waals surface area (Å²) in [5, 5.41) is 3.02. The van der Waals surface area contributed by atoms with E-state index >= 15 is 0 Å². The lowest BCUT2D eigenvalue weighted by Gasteiger charge is -2.50. The summed E-state index contributed by atoms with van der Waals surface area (Å²) in [6.07, 6.45) is 0.582. The lowest BCUT2D eigenvalue weighted by Crippen LogP contribution is -2.65. The Bertz CT molecular complexity index is 824. The molecule has 1 saturated heterocycles. The zero-order valence-corrected chi connectivity index (χ0v) is 14.1. The highest BCUT2D eigenvalue weighted by Crippen LogP contribution is 2.49. The van der Waals surface area contributed by atoms with E-state index in [1.54, 1.807) is 12.1 Å². The third-order valence-electron chi connectivity index (χ3n) is 4.65. The number of carbonyl (C=O) groups excluding carboxylic acids is 1. The molecule has 6 heteroatoms. The lowest BCUT2D eigenvalue weighted by atomic mass is 9.90. The Balaban J connectivity index is 1.79.